The first-order valence-electron chi connectivity index (χ1n) is 6.49. The summed E-state index contributed by atoms with van der Waals surface area (Å²) in [5, 5.41) is 12.0. The van der Waals surface area contributed by atoms with Crippen molar-refractivity contribution < 1.29 is 14.7 Å². The lowest BCUT2D eigenvalue weighted by Gasteiger charge is -2.35. The van der Waals surface area contributed by atoms with Crippen LogP contribution in [0.4, 0.5) is 0 Å². The number of rotatable bonds is 8. The van der Waals surface area contributed by atoms with Crippen molar-refractivity contribution in [3.8, 4) is 0 Å². The molecule has 0 aromatic rings. The standard InChI is InChI=1S/C13H26N2O3/c1-6-7-8-9-14-11(16)10(2)15(5)13(3,4)12(17)18/h10H,6-9H2,1-5H3,(H,14,16)(H,17,18). The summed E-state index contributed by atoms with van der Waals surface area (Å²) in [6.45, 7) is 7.66. The molecule has 1 amide bonds. The first-order chi connectivity index (χ1) is 8.25. The highest BCUT2D eigenvalue weighted by Gasteiger charge is 2.36. The summed E-state index contributed by atoms with van der Waals surface area (Å²) < 4.78 is 0. The molecular weight excluding hydrogens is 232 g/mol. The van der Waals surface area contributed by atoms with Gasteiger partial charge < -0.3 is 10.4 Å². The van der Waals surface area contributed by atoms with Crippen LogP contribution in [-0.4, -0.2) is 47.1 Å². The minimum absolute atomic E-state index is 0.122. The number of unbranched alkanes of at least 4 members (excludes halogenated alkanes) is 2. The predicted octanol–water partition coefficient (Wildman–Crippen LogP) is 1.48. The molecule has 0 saturated carbocycles. The van der Waals surface area contributed by atoms with Crippen molar-refractivity contribution in [3.63, 3.8) is 0 Å². The van der Waals surface area contributed by atoms with E-state index < -0.39 is 17.6 Å². The molecule has 2 N–H and O–H groups in total. The van der Waals surface area contributed by atoms with Gasteiger partial charge in [0.2, 0.25) is 5.91 Å². The summed E-state index contributed by atoms with van der Waals surface area (Å²) in [7, 11) is 1.66. The third-order valence-electron chi connectivity index (χ3n) is 3.45. The van der Waals surface area contributed by atoms with E-state index in [0.29, 0.717) is 6.54 Å². The van der Waals surface area contributed by atoms with Crippen LogP contribution in [0.1, 0.15) is 47.0 Å². The molecule has 18 heavy (non-hydrogen) atoms. The summed E-state index contributed by atoms with van der Waals surface area (Å²) in [4.78, 5) is 24.6. The Hall–Kier alpha value is -1.10. The maximum atomic E-state index is 11.9. The van der Waals surface area contributed by atoms with Gasteiger partial charge in [0.1, 0.15) is 5.54 Å². The van der Waals surface area contributed by atoms with Crippen molar-refractivity contribution in [2.45, 2.75) is 58.5 Å². The maximum Gasteiger partial charge on any atom is 0.323 e. The lowest BCUT2D eigenvalue weighted by Crippen LogP contribution is -2.56. The smallest absolute Gasteiger partial charge is 0.323 e. The number of carbonyl (C=O) groups is 2. The summed E-state index contributed by atoms with van der Waals surface area (Å²) in [5.74, 6) is -1.06. The molecule has 1 unspecified atom stereocenters. The minimum Gasteiger partial charge on any atom is -0.480 e. The Morgan fingerprint density at radius 2 is 1.89 bits per heavy atom. The van der Waals surface area contributed by atoms with E-state index in [2.05, 4.69) is 12.2 Å². The molecule has 5 heteroatoms. The third-order valence-corrected chi connectivity index (χ3v) is 3.45. The van der Waals surface area contributed by atoms with E-state index in [1.165, 1.54) is 0 Å². The number of nitrogens with one attached hydrogen (secondary N) is 1. The Labute approximate surface area is 110 Å². The molecule has 0 saturated heterocycles. The number of carboxylic acids is 1. The van der Waals surface area contributed by atoms with Crippen molar-refractivity contribution in [2.24, 2.45) is 0 Å². The summed E-state index contributed by atoms with van der Waals surface area (Å²) >= 11 is 0. The second-order valence-corrected chi connectivity index (χ2v) is 5.15. The van der Waals surface area contributed by atoms with Gasteiger partial charge in [-0.3, -0.25) is 14.5 Å². The molecule has 0 aliphatic rings. The molecule has 0 spiro atoms. The average Bonchev–Trinajstić information content (AvgIpc) is 2.32. The van der Waals surface area contributed by atoms with Crippen LogP contribution in [0.15, 0.2) is 0 Å². The number of aliphatic carboxylic acids is 1. The van der Waals surface area contributed by atoms with Crippen molar-refractivity contribution in [2.75, 3.05) is 13.6 Å². The van der Waals surface area contributed by atoms with Gasteiger partial charge in [-0.15, -0.1) is 0 Å². The summed E-state index contributed by atoms with van der Waals surface area (Å²) in [5.41, 5.74) is -1.06. The van der Waals surface area contributed by atoms with Crippen molar-refractivity contribution in [1.82, 2.24) is 10.2 Å². The number of nitrogens with zero attached hydrogens (tertiary/aromatic N) is 1. The van der Waals surface area contributed by atoms with Crippen LogP contribution in [0.2, 0.25) is 0 Å². The second-order valence-electron chi connectivity index (χ2n) is 5.15. The van der Waals surface area contributed by atoms with Gasteiger partial charge in [0.15, 0.2) is 0 Å². The van der Waals surface area contributed by atoms with E-state index in [1.54, 1.807) is 32.7 Å². The Bertz CT molecular complexity index is 290. The zero-order valence-corrected chi connectivity index (χ0v) is 12.1. The van der Waals surface area contributed by atoms with Crippen molar-refractivity contribution in [1.29, 1.82) is 0 Å². The van der Waals surface area contributed by atoms with Gasteiger partial charge in [0.05, 0.1) is 6.04 Å². The van der Waals surface area contributed by atoms with Crippen LogP contribution in [0, 0.1) is 0 Å². The molecular formula is C13H26N2O3. The second kappa shape index (κ2) is 7.36. The molecule has 0 radical (unpaired) electrons. The van der Waals surface area contributed by atoms with E-state index in [1.807, 2.05) is 0 Å². The number of carboxylic acid groups (broad SMARTS) is 1. The van der Waals surface area contributed by atoms with Gasteiger partial charge in [-0.25, -0.2) is 0 Å². The molecule has 1 atom stereocenters. The van der Waals surface area contributed by atoms with E-state index in [9.17, 15) is 9.59 Å². The minimum atomic E-state index is -1.06. The van der Waals surface area contributed by atoms with E-state index >= 15 is 0 Å². The molecule has 0 rings (SSSR count). The lowest BCUT2D eigenvalue weighted by molar-refractivity contribution is -0.151. The van der Waals surface area contributed by atoms with Crippen LogP contribution >= 0.6 is 0 Å². The Kier molecular flexibility index (Phi) is 6.91. The Morgan fingerprint density at radius 3 is 2.33 bits per heavy atom. The van der Waals surface area contributed by atoms with Crippen LogP contribution in [0.25, 0.3) is 0 Å². The van der Waals surface area contributed by atoms with Gasteiger partial charge in [-0.2, -0.15) is 0 Å². The molecule has 0 bridgehead atoms. The molecule has 0 aliphatic heterocycles. The third kappa shape index (κ3) is 4.64. The van der Waals surface area contributed by atoms with Gasteiger partial charge in [0, 0.05) is 6.54 Å². The Morgan fingerprint density at radius 1 is 1.33 bits per heavy atom. The largest absolute Gasteiger partial charge is 0.480 e. The highest BCUT2D eigenvalue weighted by Crippen LogP contribution is 2.15. The molecule has 0 aromatic heterocycles. The molecule has 0 fully saturated rings. The number of likely N-dealkylation sites (N-methyl/N-ethyl adjacent to an activating group) is 1. The fourth-order valence-electron chi connectivity index (χ4n) is 1.55. The zero-order chi connectivity index (χ0) is 14.3. The molecule has 106 valence electrons. The normalized spacial score (nSPS) is 13.4. The summed E-state index contributed by atoms with van der Waals surface area (Å²) in [6.07, 6.45) is 3.16. The first-order valence-corrected chi connectivity index (χ1v) is 6.49. The summed E-state index contributed by atoms with van der Waals surface area (Å²) in [6, 6.07) is -0.460. The zero-order valence-electron chi connectivity index (χ0n) is 12.1. The maximum absolute atomic E-state index is 11.9. The van der Waals surface area contributed by atoms with Crippen molar-refractivity contribution in [3.05, 3.63) is 0 Å². The highest BCUT2D eigenvalue weighted by atomic mass is 16.4. The van der Waals surface area contributed by atoms with E-state index in [0.717, 1.165) is 19.3 Å². The van der Waals surface area contributed by atoms with Crippen LogP contribution in [0.5, 0.6) is 0 Å². The van der Waals surface area contributed by atoms with Gasteiger partial charge >= 0.3 is 5.97 Å². The molecule has 5 nitrogen and oxygen atoms in total. The molecule has 0 aliphatic carbocycles. The van der Waals surface area contributed by atoms with Crippen LogP contribution in [0.3, 0.4) is 0 Å². The fraction of sp³-hybridized carbons (Fsp3) is 0.846. The number of amides is 1. The fourth-order valence-corrected chi connectivity index (χ4v) is 1.55. The molecule has 0 heterocycles. The highest BCUT2D eigenvalue weighted by molar-refractivity contribution is 5.83. The SMILES string of the molecule is CCCCCNC(=O)C(C)N(C)C(C)(C)C(=O)O. The van der Waals surface area contributed by atoms with E-state index in [4.69, 9.17) is 5.11 Å². The van der Waals surface area contributed by atoms with Crippen molar-refractivity contribution >= 4 is 11.9 Å². The van der Waals surface area contributed by atoms with Gasteiger partial charge in [0.25, 0.3) is 0 Å². The predicted molar refractivity (Wildman–Crippen MR) is 71.5 cm³/mol. The quantitative estimate of drug-likeness (QED) is 0.647. The van der Waals surface area contributed by atoms with Gasteiger partial charge in [-0.1, -0.05) is 19.8 Å². The van der Waals surface area contributed by atoms with E-state index in [-0.39, 0.29) is 5.91 Å². The monoisotopic (exact) mass is 258 g/mol. The van der Waals surface area contributed by atoms with Crippen LogP contribution in [-0.2, 0) is 9.59 Å². The topological polar surface area (TPSA) is 69.6 Å². The number of hydrogen-bond acceptors (Lipinski definition) is 3. The molecule has 0 aromatic carbocycles. The Balaban J connectivity index is 4.33. The number of hydrogen-bond donors (Lipinski definition) is 2. The number of carbonyl (C=O) groups excluding carboxylic acids is 1. The lowest BCUT2D eigenvalue weighted by atomic mass is 10.0. The van der Waals surface area contributed by atoms with Crippen LogP contribution < -0.4 is 5.32 Å². The first kappa shape index (κ1) is 16.9. The average molecular weight is 258 g/mol. The van der Waals surface area contributed by atoms with Gasteiger partial charge in [-0.05, 0) is 34.2 Å².